The zero-order valence-corrected chi connectivity index (χ0v) is 3.07. The van der Waals surface area contributed by atoms with E-state index in [-0.39, 0.29) is 0 Å². The van der Waals surface area contributed by atoms with E-state index in [1.54, 1.807) is 0 Å². The molecule has 0 heteroatoms. The summed E-state index contributed by atoms with van der Waals surface area (Å²) in [6, 6.07) is 0. The van der Waals surface area contributed by atoms with Crippen LogP contribution in [0.2, 0.25) is 0 Å². The van der Waals surface area contributed by atoms with Crippen LogP contribution in [0.4, 0.5) is 0 Å². The fourth-order valence-electron chi connectivity index (χ4n) is 0.311. The second kappa shape index (κ2) is 0.852. The first-order valence-corrected chi connectivity index (χ1v) is 1.84. The summed E-state index contributed by atoms with van der Waals surface area (Å²) in [4.78, 5) is 0. The van der Waals surface area contributed by atoms with E-state index in [1.165, 1.54) is 6.42 Å². The highest BCUT2D eigenvalue weighted by atomic mass is 14.0. The summed E-state index contributed by atoms with van der Waals surface area (Å²) in [5, 5.41) is 0. The van der Waals surface area contributed by atoms with E-state index in [2.05, 4.69) is 0 Å². The van der Waals surface area contributed by atoms with Gasteiger partial charge in [-0.25, -0.2) is 0 Å². The zero-order valence-electron chi connectivity index (χ0n) is 3.07. The van der Waals surface area contributed by atoms with Gasteiger partial charge < -0.3 is 0 Å². The molecule has 2 radical (unpaired) electrons. The Morgan fingerprint density at radius 1 is 1.80 bits per heavy atom. The third kappa shape index (κ3) is 0.344. The van der Waals surface area contributed by atoms with Gasteiger partial charge in [0.1, 0.15) is 0 Å². The fraction of sp³-hybridized carbons (Fsp3) is 0.400. The van der Waals surface area contributed by atoms with E-state index in [4.69, 9.17) is 6.92 Å². The van der Waals surface area contributed by atoms with Crippen molar-refractivity contribution in [2.45, 2.75) is 12.8 Å². The molecule has 0 aliphatic heterocycles. The monoisotopic (exact) mass is 66.0 g/mol. The molecule has 0 spiro atoms. The average molecular weight is 66.1 g/mol. The molecule has 0 aromatic carbocycles. The van der Waals surface area contributed by atoms with Crippen LogP contribution in [0, 0.1) is 6.92 Å². The maximum absolute atomic E-state index is 5.24. The molecule has 0 saturated carbocycles. The summed E-state index contributed by atoms with van der Waals surface area (Å²) in [6.07, 6.45) is 4.37. The first kappa shape index (κ1) is 2.95. The number of rotatable bonds is 0. The molecule has 1 aliphatic carbocycles. The molecular formula is C5H6. The molecule has 0 aromatic rings. The predicted molar refractivity (Wildman–Crippen MR) is 21.6 cm³/mol. The molecule has 26 valence electrons. The largest absolute Gasteiger partial charge is 0.0847 e. The smallest absolute Gasteiger partial charge is 0.00599 e. The minimum absolute atomic E-state index is 1.06. The van der Waals surface area contributed by atoms with Crippen molar-refractivity contribution in [1.29, 1.82) is 0 Å². The average Bonchev–Trinajstić information content (AvgIpc) is 1.30. The molecule has 0 heterocycles. The Hall–Kier alpha value is -0.260. The first-order valence-electron chi connectivity index (χ1n) is 1.84. The van der Waals surface area contributed by atoms with E-state index < -0.39 is 0 Å². The molecule has 0 unspecified atom stereocenters. The number of allylic oxidation sites excluding steroid dienone is 2. The van der Waals surface area contributed by atoms with Gasteiger partial charge in [0.15, 0.2) is 0 Å². The quantitative estimate of drug-likeness (QED) is 0.401. The Morgan fingerprint density at radius 3 is 2.20 bits per heavy atom. The summed E-state index contributed by atoms with van der Waals surface area (Å²) in [5.41, 5.74) is 1.06. The molecule has 1 aliphatic rings. The van der Waals surface area contributed by atoms with Gasteiger partial charge in [0, 0.05) is 0 Å². The van der Waals surface area contributed by atoms with Gasteiger partial charge in [-0.2, -0.15) is 0 Å². The van der Waals surface area contributed by atoms with Gasteiger partial charge in [0.2, 0.25) is 0 Å². The van der Waals surface area contributed by atoms with Gasteiger partial charge in [0.05, 0.1) is 0 Å². The van der Waals surface area contributed by atoms with Crippen molar-refractivity contribution in [1.82, 2.24) is 0 Å². The standard InChI is InChI=1S/C5H6/c1-5-3-2-4-5/h1,3H,2,4H2. The lowest BCUT2D eigenvalue weighted by Crippen LogP contribution is -1.85. The second-order valence-corrected chi connectivity index (χ2v) is 1.32. The SMILES string of the molecule is [CH]C1=CCC1. The van der Waals surface area contributed by atoms with Gasteiger partial charge in [-0.1, -0.05) is 11.6 Å². The van der Waals surface area contributed by atoms with Gasteiger partial charge in [-0.3, -0.25) is 0 Å². The van der Waals surface area contributed by atoms with Gasteiger partial charge in [-0.15, -0.1) is 0 Å². The number of hydrogen-bond acceptors (Lipinski definition) is 0. The highest BCUT2D eigenvalue weighted by molar-refractivity contribution is 5.14. The molecule has 0 aromatic heterocycles. The number of hydrogen-bond donors (Lipinski definition) is 0. The molecule has 0 saturated heterocycles. The molecule has 5 heavy (non-hydrogen) atoms. The van der Waals surface area contributed by atoms with Crippen molar-refractivity contribution in [3.63, 3.8) is 0 Å². The Labute approximate surface area is 32.5 Å². The Bertz CT molecular complexity index is 60.4. The van der Waals surface area contributed by atoms with Crippen LogP contribution in [0.3, 0.4) is 0 Å². The fourth-order valence-corrected chi connectivity index (χ4v) is 0.311. The maximum atomic E-state index is 5.24. The lowest BCUT2D eigenvalue weighted by atomic mass is 10.0. The van der Waals surface area contributed by atoms with E-state index in [1.807, 2.05) is 6.08 Å². The normalized spacial score (nSPS) is 20.6. The summed E-state index contributed by atoms with van der Waals surface area (Å²) in [7, 11) is 0. The summed E-state index contributed by atoms with van der Waals surface area (Å²) < 4.78 is 0. The highest BCUT2D eigenvalue weighted by Gasteiger charge is 1.95. The molecule has 0 atom stereocenters. The maximum Gasteiger partial charge on any atom is -0.00599 e. The molecule has 0 nitrogen and oxygen atoms in total. The van der Waals surface area contributed by atoms with Gasteiger partial charge in [-0.05, 0) is 19.8 Å². The summed E-state index contributed by atoms with van der Waals surface area (Å²) in [5.74, 6) is 0. The lowest BCUT2D eigenvalue weighted by molar-refractivity contribution is 0.905. The summed E-state index contributed by atoms with van der Waals surface area (Å²) in [6.45, 7) is 5.24. The molecule has 0 N–H and O–H groups in total. The predicted octanol–water partition coefficient (Wildman–Crippen LogP) is 1.42. The van der Waals surface area contributed by atoms with Crippen LogP contribution >= 0.6 is 0 Å². The van der Waals surface area contributed by atoms with Crippen molar-refractivity contribution in [3.05, 3.63) is 18.6 Å². The van der Waals surface area contributed by atoms with Crippen LogP contribution in [0.15, 0.2) is 11.6 Å². The van der Waals surface area contributed by atoms with Crippen molar-refractivity contribution < 1.29 is 0 Å². The second-order valence-electron chi connectivity index (χ2n) is 1.32. The minimum Gasteiger partial charge on any atom is -0.0847 e. The van der Waals surface area contributed by atoms with Gasteiger partial charge in [0.25, 0.3) is 0 Å². The van der Waals surface area contributed by atoms with Crippen molar-refractivity contribution in [3.8, 4) is 0 Å². The topological polar surface area (TPSA) is 0 Å². The highest BCUT2D eigenvalue weighted by Crippen LogP contribution is 2.14. The van der Waals surface area contributed by atoms with Crippen LogP contribution in [0.1, 0.15) is 12.8 Å². The third-order valence-electron chi connectivity index (χ3n) is 0.840. The Kier molecular flexibility index (Phi) is 0.503. The summed E-state index contributed by atoms with van der Waals surface area (Å²) >= 11 is 0. The van der Waals surface area contributed by atoms with E-state index in [9.17, 15) is 0 Å². The minimum atomic E-state index is 1.06. The van der Waals surface area contributed by atoms with Gasteiger partial charge >= 0.3 is 0 Å². The molecule has 0 amide bonds. The lowest BCUT2D eigenvalue weighted by Gasteiger charge is -2.04. The zero-order chi connectivity index (χ0) is 3.70. The van der Waals surface area contributed by atoms with Crippen LogP contribution in [0.25, 0.3) is 0 Å². The van der Waals surface area contributed by atoms with Crippen molar-refractivity contribution in [2.24, 2.45) is 0 Å². The van der Waals surface area contributed by atoms with E-state index in [0.29, 0.717) is 0 Å². The Balaban J connectivity index is 2.51. The molecular weight excluding hydrogens is 60.1 g/mol. The van der Waals surface area contributed by atoms with Crippen molar-refractivity contribution in [2.75, 3.05) is 0 Å². The van der Waals surface area contributed by atoms with Crippen LogP contribution in [0.5, 0.6) is 0 Å². The van der Waals surface area contributed by atoms with E-state index >= 15 is 0 Å². The molecule has 1 rings (SSSR count). The molecule has 0 bridgehead atoms. The van der Waals surface area contributed by atoms with Crippen LogP contribution < -0.4 is 0 Å². The van der Waals surface area contributed by atoms with Crippen LogP contribution in [-0.2, 0) is 0 Å². The van der Waals surface area contributed by atoms with E-state index in [0.717, 1.165) is 12.0 Å². The third-order valence-corrected chi connectivity index (χ3v) is 0.840. The first-order chi connectivity index (χ1) is 2.39. The Morgan fingerprint density at radius 2 is 2.20 bits per heavy atom. The molecule has 0 fully saturated rings. The van der Waals surface area contributed by atoms with Crippen molar-refractivity contribution >= 4 is 0 Å². The van der Waals surface area contributed by atoms with Crippen LogP contribution in [-0.4, -0.2) is 0 Å².